The van der Waals surface area contributed by atoms with Crippen molar-refractivity contribution in [3.8, 4) is 11.3 Å². The summed E-state index contributed by atoms with van der Waals surface area (Å²) < 4.78 is 20.4. The molecule has 1 aromatic carbocycles. The molecule has 1 unspecified atom stereocenters. The highest BCUT2D eigenvalue weighted by Crippen LogP contribution is 2.29. The molecular weight excluding hydrogens is 371 g/mol. The molecule has 1 atom stereocenters. The van der Waals surface area contributed by atoms with E-state index in [1.807, 2.05) is 26.2 Å². The van der Waals surface area contributed by atoms with Crippen LogP contribution in [0.2, 0.25) is 0 Å². The summed E-state index contributed by atoms with van der Waals surface area (Å²) in [5.41, 5.74) is 2.88. The average molecular weight is 396 g/mol. The van der Waals surface area contributed by atoms with E-state index in [2.05, 4.69) is 27.5 Å². The number of benzene rings is 1. The summed E-state index contributed by atoms with van der Waals surface area (Å²) in [5, 5.41) is 6.72. The van der Waals surface area contributed by atoms with Gasteiger partial charge in [0.1, 0.15) is 11.3 Å². The number of nitrogens with one attached hydrogen (secondary N) is 2. The summed E-state index contributed by atoms with van der Waals surface area (Å²) in [6, 6.07) is 6.95. The largest absolute Gasteiger partial charge is 0.375 e. The molecular formula is C21H25FN6O. The normalized spacial score (nSPS) is 19.3. The van der Waals surface area contributed by atoms with E-state index in [-0.39, 0.29) is 11.4 Å². The van der Waals surface area contributed by atoms with Crippen molar-refractivity contribution in [2.24, 2.45) is 0 Å². The zero-order chi connectivity index (χ0) is 20.4. The molecule has 0 amide bonds. The van der Waals surface area contributed by atoms with E-state index in [9.17, 15) is 4.39 Å². The number of nitrogens with zero attached hydrogens (tertiary/aromatic N) is 4. The minimum absolute atomic E-state index is 0.294. The molecule has 4 rings (SSSR count). The van der Waals surface area contributed by atoms with Crippen LogP contribution in [0.4, 0.5) is 15.9 Å². The molecule has 0 radical (unpaired) electrons. The van der Waals surface area contributed by atoms with Gasteiger partial charge in [-0.2, -0.15) is 0 Å². The molecule has 0 spiro atoms. The van der Waals surface area contributed by atoms with Crippen LogP contribution in [0.25, 0.3) is 22.3 Å². The maximum Gasteiger partial charge on any atom is 0.155 e. The second-order valence-corrected chi connectivity index (χ2v) is 7.67. The van der Waals surface area contributed by atoms with Crippen molar-refractivity contribution in [1.82, 2.24) is 20.3 Å². The minimum Gasteiger partial charge on any atom is -0.375 e. The van der Waals surface area contributed by atoms with Gasteiger partial charge in [0, 0.05) is 51.7 Å². The topological polar surface area (TPSA) is 75.2 Å². The van der Waals surface area contributed by atoms with Crippen LogP contribution in [0.15, 0.2) is 36.7 Å². The van der Waals surface area contributed by atoms with Gasteiger partial charge in [0.15, 0.2) is 5.82 Å². The molecule has 2 N–H and O–H groups in total. The number of ether oxygens (including phenoxy) is 1. The Labute approximate surface area is 169 Å². The summed E-state index contributed by atoms with van der Waals surface area (Å²) >= 11 is 0. The summed E-state index contributed by atoms with van der Waals surface area (Å²) in [5.74, 6) is 0.315. The van der Waals surface area contributed by atoms with E-state index >= 15 is 0 Å². The third-order valence-corrected chi connectivity index (χ3v) is 5.04. The molecule has 0 aliphatic carbocycles. The Morgan fingerprint density at radius 2 is 2.07 bits per heavy atom. The van der Waals surface area contributed by atoms with Gasteiger partial charge < -0.3 is 20.3 Å². The molecule has 0 bridgehead atoms. The Hall–Kier alpha value is -2.84. The highest BCUT2D eigenvalue weighted by Gasteiger charge is 2.28. The number of fused-ring (bicyclic) bond motifs is 1. The van der Waals surface area contributed by atoms with Gasteiger partial charge in [-0.1, -0.05) is 6.07 Å². The summed E-state index contributed by atoms with van der Waals surface area (Å²) in [6.45, 7) is 4.89. The van der Waals surface area contributed by atoms with Gasteiger partial charge in [0.05, 0.1) is 29.1 Å². The number of morpholine rings is 1. The lowest BCUT2D eigenvalue weighted by Gasteiger charge is -2.34. The molecule has 1 aliphatic rings. The zero-order valence-electron chi connectivity index (χ0n) is 16.9. The lowest BCUT2D eigenvalue weighted by atomic mass is 10.1. The quantitative estimate of drug-likeness (QED) is 0.687. The molecule has 152 valence electrons. The van der Waals surface area contributed by atoms with Crippen LogP contribution in [0, 0.1) is 5.82 Å². The highest BCUT2D eigenvalue weighted by molar-refractivity contribution is 5.88. The average Bonchev–Trinajstić information content (AvgIpc) is 2.72. The number of rotatable bonds is 5. The first-order chi connectivity index (χ1) is 14.0. The Morgan fingerprint density at radius 1 is 1.24 bits per heavy atom. The van der Waals surface area contributed by atoms with Crippen molar-refractivity contribution in [2.75, 3.05) is 50.6 Å². The highest BCUT2D eigenvalue weighted by atomic mass is 19.1. The molecule has 3 heterocycles. The van der Waals surface area contributed by atoms with Crippen LogP contribution < -0.4 is 15.5 Å². The maximum atomic E-state index is 14.5. The van der Waals surface area contributed by atoms with E-state index in [0.29, 0.717) is 46.9 Å². The first-order valence-corrected chi connectivity index (χ1v) is 9.63. The van der Waals surface area contributed by atoms with Gasteiger partial charge in [-0.15, -0.1) is 0 Å². The Bertz CT molecular complexity index is 1020. The smallest absolute Gasteiger partial charge is 0.155 e. The summed E-state index contributed by atoms with van der Waals surface area (Å²) in [7, 11) is 3.62. The first kappa shape index (κ1) is 19.5. The van der Waals surface area contributed by atoms with Gasteiger partial charge in [-0.25, -0.2) is 14.4 Å². The van der Waals surface area contributed by atoms with Crippen molar-refractivity contribution in [1.29, 1.82) is 0 Å². The second kappa shape index (κ2) is 7.88. The Balaban J connectivity index is 1.70. The number of anilines is 2. The van der Waals surface area contributed by atoms with Gasteiger partial charge in [0.2, 0.25) is 0 Å². The van der Waals surface area contributed by atoms with Crippen LogP contribution >= 0.6 is 0 Å². The van der Waals surface area contributed by atoms with Gasteiger partial charge >= 0.3 is 0 Å². The van der Waals surface area contributed by atoms with Gasteiger partial charge in [-0.05, 0) is 25.1 Å². The fourth-order valence-corrected chi connectivity index (χ4v) is 3.43. The molecule has 1 fully saturated rings. The van der Waals surface area contributed by atoms with Crippen molar-refractivity contribution >= 4 is 22.5 Å². The maximum absolute atomic E-state index is 14.5. The lowest BCUT2D eigenvalue weighted by molar-refractivity contribution is -0.0425. The standard InChI is InChI=1S/C21H25FN6O/c1-21(12-23-8-9-29-21)13-26-20-19-17(24-6-7-25-19)11-16(27-20)14-4-5-18(28(2)3)15(22)10-14/h4-7,10-11,23H,8-9,12-13H2,1-3H3,(H,26,27). The second-order valence-electron chi connectivity index (χ2n) is 7.67. The minimum atomic E-state index is -0.343. The fraction of sp³-hybridized carbons (Fsp3) is 0.381. The van der Waals surface area contributed by atoms with E-state index in [1.165, 1.54) is 6.07 Å². The molecule has 8 heteroatoms. The summed E-state index contributed by atoms with van der Waals surface area (Å²) in [6.07, 6.45) is 3.28. The predicted molar refractivity (Wildman–Crippen MR) is 113 cm³/mol. The van der Waals surface area contributed by atoms with E-state index in [4.69, 9.17) is 9.72 Å². The molecule has 2 aromatic heterocycles. The van der Waals surface area contributed by atoms with Crippen LogP contribution in [-0.2, 0) is 4.74 Å². The van der Waals surface area contributed by atoms with Crippen molar-refractivity contribution in [3.05, 3.63) is 42.5 Å². The Morgan fingerprint density at radius 3 is 2.79 bits per heavy atom. The number of hydrogen-bond donors (Lipinski definition) is 2. The molecule has 0 saturated carbocycles. The molecule has 1 saturated heterocycles. The molecule has 7 nitrogen and oxygen atoms in total. The third kappa shape index (κ3) is 4.13. The molecule has 3 aromatic rings. The van der Waals surface area contributed by atoms with Crippen molar-refractivity contribution in [2.45, 2.75) is 12.5 Å². The third-order valence-electron chi connectivity index (χ3n) is 5.04. The number of hydrogen-bond acceptors (Lipinski definition) is 7. The number of aromatic nitrogens is 3. The number of pyridine rings is 1. The predicted octanol–water partition coefficient (Wildman–Crippen LogP) is 2.69. The SMILES string of the molecule is CN(C)c1ccc(-c2cc3nccnc3c(NCC3(C)CNCCO3)n2)cc1F. The van der Waals surface area contributed by atoms with Crippen LogP contribution in [0.1, 0.15) is 6.92 Å². The zero-order valence-corrected chi connectivity index (χ0v) is 16.9. The fourth-order valence-electron chi connectivity index (χ4n) is 3.43. The van der Waals surface area contributed by atoms with Crippen molar-refractivity contribution < 1.29 is 9.13 Å². The van der Waals surface area contributed by atoms with Crippen LogP contribution in [0.5, 0.6) is 0 Å². The number of halogens is 1. The Kier molecular flexibility index (Phi) is 5.29. The molecule has 29 heavy (non-hydrogen) atoms. The van der Waals surface area contributed by atoms with Crippen LogP contribution in [0.3, 0.4) is 0 Å². The van der Waals surface area contributed by atoms with E-state index in [1.54, 1.807) is 23.4 Å². The van der Waals surface area contributed by atoms with Crippen molar-refractivity contribution in [3.63, 3.8) is 0 Å². The van der Waals surface area contributed by atoms with E-state index < -0.39 is 0 Å². The monoisotopic (exact) mass is 396 g/mol. The summed E-state index contributed by atoms with van der Waals surface area (Å²) in [4.78, 5) is 15.3. The lowest BCUT2D eigenvalue weighted by Crippen LogP contribution is -2.51. The van der Waals surface area contributed by atoms with Gasteiger partial charge in [0.25, 0.3) is 0 Å². The molecule has 1 aliphatic heterocycles. The van der Waals surface area contributed by atoms with E-state index in [0.717, 1.165) is 13.1 Å². The first-order valence-electron chi connectivity index (χ1n) is 9.63. The van der Waals surface area contributed by atoms with Gasteiger partial charge in [-0.3, -0.25) is 4.98 Å². The van der Waals surface area contributed by atoms with Crippen LogP contribution in [-0.4, -0.2) is 60.9 Å².